The molecule has 4 aromatic rings. The van der Waals surface area contributed by atoms with E-state index in [2.05, 4.69) is 21.2 Å². The molecule has 0 aromatic heterocycles. The van der Waals surface area contributed by atoms with Gasteiger partial charge in [-0.25, -0.2) is 8.42 Å². The summed E-state index contributed by atoms with van der Waals surface area (Å²) < 4.78 is 30.3. The molecular formula is C35H38BrN3O4S. The van der Waals surface area contributed by atoms with E-state index in [1.807, 2.05) is 94.4 Å². The maximum atomic E-state index is 14.5. The molecule has 0 aliphatic carbocycles. The fourth-order valence-corrected chi connectivity index (χ4v) is 6.93. The molecule has 44 heavy (non-hydrogen) atoms. The number of rotatable bonds is 12. The molecule has 9 heteroatoms. The second kappa shape index (κ2) is 14.7. The van der Waals surface area contributed by atoms with Crippen molar-refractivity contribution in [3.63, 3.8) is 0 Å². The highest BCUT2D eigenvalue weighted by Gasteiger charge is 2.35. The number of anilines is 1. The van der Waals surface area contributed by atoms with Crippen LogP contribution in [0, 0.1) is 13.8 Å². The SMILES string of the molecule is Cc1ccc(C)c(N(CC(=O)N(Cc2cccc(Br)c2)C(Cc2ccccc2)C(=O)NC(C)C)S(=O)(=O)c2ccccc2)c1. The Labute approximate surface area is 269 Å². The fraction of sp³-hybridized carbons (Fsp3) is 0.257. The van der Waals surface area contributed by atoms with Gasteiger partial charge in [-0.2, -0.15) is 0 Å². The van der Waals surface area contributed by atoms with E-state index in [0.29, 0.717) is 11.3 Å². The van der Waals surface area contributed by atoms with Crippen LogP contribution in [0.4, 0.5) is 5.69 Å². The minimum atomic E-state index is -4.15. The Balaban J connectivity index is 1.83. The number of aryl methyl sites for hydroxylation is 2. The maximum absolute atomic E-state index is 14.5. The van der Waals surface area contributed by atoms with Crippen molar-refractivity contribution in [1.82, 2.24) is 10.2 Å². The molecule has 0 aliphatic heterocycles. The monoisotopic (exact) mass is 675 g/mol. The third-order valence-corrected chi connectivity index (χ3v) is 9.45. The number of nitrogens with zero attached hydrogens (tertiary/aromatic N) is 2. The van der Waals surface area contributed by atoms with Crippen molar-refractivity contribution in [3.05, 3.63) is 130 Å². The van der Waals surface area contributed by atoms with E-state index < -0.39 is 28.5 Å². The number of carbonyl (C=O) groups is 2. The largest absolute Gasteiger partial charge is 0.352 e. The lowest BCUT2D eigenvalue weighted by molar-refractivity contribution is -0.140. The van der Waals surface area contributed by atoms with Crippen LogP contribution in [0.1, 0.15) is 36.1 Å². The Kier molecular flexibility index (Phi) is 11.0. The third-order valence-electron chi connectivity index (χ3n) is 7.19. The van der Waals surface area contributed by atoms with Gasteiger partial charge in [-0.1, -0.05) is 88.7 Å². The summed E-state index contributed by atoms with van der Waals surface area (Å²) in [6.45, 7) is 7.05. The zero-order valence-electron chi connectivity index (χ0n) is 25.4. The summed E-state index contributed by atoms with van der Waals surface area (Å²) in [4.78, 5) is 29.9. The number of benzene rings is 4. The predicted octanol–water partition coefficient (Wildman–Crippen LogP) is 6.43. The van der Waals surface area contributed by atoms with Crippen LogP contribution >= 0.6 is 15.9 Å². The first-order chi connectivity index (χ1) is 21.0. The summed E-state index contributed by atoms with van der Waals surface area (Å²) in [5.74, 6) is -0.804. The number of sulfonamides is 1. The van der Waals surface area contributed by atoms with Crippen LogP contribution in [0.3, 0.4) is 0 Å². The van der Waals surface area contributed by atoms with E-state index in [4.69, 9.17) is 0 Å². The summed E-state index contributed by atoms with van der Waals surface area (Å²) in [6, 6.07) is 29.6. The molecule has 0 saturated heterocycles. The molecule has 1 unspecified atom stereocenters. The van der Waals surface area contributed by atoms with Gasteiger partial charge in [-0.3, -0.25) is 13.9 Å². The Hall–Kier alpha value is -3.95. The van der Waals surface area contributed by atoms with Gasteiger partial charge in [0.25, 0.3) is 10.0 Å². The van der Waals surface area contributed by atoms with Crippen LogP contribution in [0.15, 0.2) is 112 Å². The first-order valence-corrected chi connectivity index (χ1v) is 16.7. The van der Waals surface area contributed by atoms with Crippen molar-refractivity contribution < 1.29 is 18.0 Å². The number of hydrogen-bond donors (Lipinski definition) is 1. The van der Waals surface area contributed by atoms with E-state index in [1.54, 1.807) is 24.3 Å². The van der Waals surface area contributed by atoms with Crippen LogP contribution < -0.4 is 9.62 Å². The van der Waals surface area contributed by atoms with Gasteiger partial charge in [0.2, 0.25) is 11.8 Å². The van der Waals surface area contributed by atoms with Gasteiger partial charge in [0.05, 0.1) is 10.6 Å². The van der Waals surface area contributed by atoms with Crippen LogP contribution in [0.5, 0.6) is 0 Å². The van der Waals surface area contributed by atoms with Crippen molar-refractivity contribution in [2.75, 3.05) is 10.8 Å². The smallest absolute Gasteiger partial charge is 0.264 e. The number of halogens is 1. The minimum absolute atomic E-state index is 0.0747. The van der Waals surface area contributed by atoms with E-state index in [1.165, 1.54) is 21.3 Å². The Morgan fingerprint density at radius 2 is 1.45 bits per heavy atom. The summed E-state index contributed by atoms with van der Waals surface area (Å²) in [6.07, 6.45) is 0.258. The first kappa shape index (κ1) is 33.0. The van der Waals surface area contributed by atoms with Crippen LogP contribution in [-0.4, -0.2) is 43.8 Å². The molecule has 1 atom stereocenters. The Morgan fingerprint density at radius 1 is 0.818 bits per heavy atom. The van der Waals surface area contributed by atoms with Gasteiger partial charge in [0.15, 0.2) is 0 Å². The van der Waals surface area contributed by atoms with E-state index >= 15 is 0 Å². The molecule has 0 radical (unpaired) electrons. The first-order valence-electron chi connectivity index (χ1n) is 14.5. The van der Waals surface area contributed by atoms with Crippen molar-refractivity contribution in [2.24, 2.45) is 0 Å². The number of amides is 2. The molecule has 0 spiro atoms. The van der Waals surface area contributed by atoms with Gasteiger partial charge < -0.3 is 10.2 Å². The zero-order valence-corrected chi connectivity index (χ0v) is 27.8. The fourth-order valence-electron chi connectivity index (χ4n) is 4.99. The second-order valence-corrected chi connectivity index (χ2v) is 13.9. The minimum Gasteiger partial charge on any atom is -0.352 e. The van der Waals surface area contributed by atoms with Gasteiger partial charge in [-0.05, 0) is 80.3 Å². The highest BCUT2D eigenvalue weighted by Crippen LogP contribution is 2.29. The summed E-state index contributed by atoms with van der Waals surface area (Å²) in [5, 5.41) is 2.98. The lowest BCUT2D eigenvalue weighted by atomic mass is 10.0. The average molecular weight is 677 g/mol. The maximum Gasteiger partial charge on any atom is 0.264 e. The molecule has 4 rings (SSSR count). The Morgan fingerprint density at radius 3 is 2.09 bits per heavy atom. The summed E-state index contributed by atoms with van der Waals surface area (Å²) >= 11 is 3.51. The molecule has 0 heterocycles. The van der Waals surface area contributed by atoms with Gasteiger partial charge >= 0.3 is 0 Å². The van der Waals surface area contributed by atoms with Crippen molar-refractivity contribution in [2.45, 2.75) is 57.6 Å². The lowest BCUT2D eigenvalue weighted by Crippen LogP contribution is -2.54. The molecule has 1 N–H and O–H groups in total. The van der Waals surface area contributed by atoms with Crippen molar-refractivity contribution in [3.8, 4) is 0 Å². The molecule has 2 amide bonds. The van der Waals surface area contributed by atoms with Crippen molar-refractivity contribution in [1.29, 1.82) is 0 Å². The average Bonchev–Trinajstić information content (AvgIpc) is 2.99. The molecule has 7 nitrogen and oxygen atoms in total. The second-order valence-electron chi connectivity index (χ2n) is 11.1. The normalized spacial score (nSPS) is 12.0. The quantitative estimate of drug-likeness (QED) is 0.188. The number of carbonyl (C=O) groups excluding carboxylic acids is 2. The van der Waals surface area contributed by atoms with Gasteiger partial charge in [0, 0.05) is 23.5 Å². The number of nitrogens with one attached hydrogen (secondary N) is 1. The molecule has 4 aromatic carbocycles. The predicted molar refractivity (Wildman–Crippen MR) is 179 cm³/mol. The summed E-state index contributed by atoms with van der Waals surface area (Å²) in [5.41, 5.74) is 3.66. The van der Waals surface area contributed by atoms with Crippen LogP contribution in [0.25, 0.3) is 0 Å². The molecular weight excluding hydrogens is 638 g/mol. The highest BCUT2D eigenvalue weighted by molar-refractivity contribution is 9.10. The summed E-state index contributed by atoms with van der Waals surface area (Å²) in [7, 11) is -4.15. The molecule has 0 saturated carbocycles. The van der Waals surface area contributed by atoms with Gasteiger partial charge in [-0.15, -0.1) is 0 Å². The third kappa shape index (κ3) is 8.36. The Bertz CT molecular complexity index is 1700. The van der Waals surface area contributed by atoms with E-state index in [0.717, 1.165) is 21.2 Å². The standard InChI is InChI=1S/C35H38BrN3O4S/c1-25(2)37-35(41)33(22-28-12-7-5-8-13-28)38(23-29-14-11-15-30(36)21-29)34(40)24-39(32-20-26(3)18-19-27(32)4)44(42,43)31-16-9-6-10-17-31/h5-21,25,33H,22-24H2,1-4H3,(H,37,41). The highest BCUT2D eigenvalue weighted by atomic mass is 79.9. The van der Waals surface area contributed by atoms with E-state index in [-0.39, 0.29) is 29.8 Å². The zero-order chi connectivity index (χ0) is 31.9. The van der Waals surface area contributed by atoms with E-state index in [9.17, 15) is 18.0 Å². The lowest BCUT2D eigenvalue weighted by Gasteiger charge is -2.34. The molecule has 230 valence electrons. The molecule has 0 bridgehead atoms. The van der Waals surface area contributed by atoms with Crippen molar-refractivity contribution >= 4 is 43.5 Å². The van der Waals surface area contributed by atoms with Crippen LogP contribution in [0.2, 0.25) is 0 Å². The van der Waals surface area contributed by atoms with Crippen LogP contribution in [-0.2, 0) is 32.6 Å². The topological polar surface area (TPSA) is 86.8 Å². The molecule has 0 fully saturated rings. The molecule has 0 aliphatic rings. The number of hydrogen-bond acceptors (Lipinski definition) is 4. The van der Waals surface area contributed by atoms with Gasteiger partial charge in [0.1, 0.15) is 12.6 Å².